The minimum atomic E-state index is -0.443. The van der Waals surface area contributed by atoms with Gasteiger partial charge in [-0.25, -0.2) is 9.37 Å². The van der Waals surface area contributed by atoms with Gasteiger partial charge in [-0.15, -0.1) is 0 Å². The first-order chi connectivity index (χ1) is 18.0. The number of carbonyl (C=O) groups excluding carboxylic acids is 1. The van der Waals surface area contributed by atoms with E-state index in [4.69, 9.17) is 5.73 Å². The zero-order valence-electron chi connectivity index (χ0n) is 21.2. The highest BCUT2D eigenvalue weighted by molar-refractivity contribution is 5.97. The number of carbonyl (C=O) groups is 1. The number of fused-ring (bicyclic) bond motifs is 1. The zero-order valence-corrected chi connectivity index (χ0v) is 21.2. The summed E-state index contributed by atoms with van der Waals surface area (Å²) in [4.78, 5) is 20.1. The smallest absolute Gasteiger partial charge is 0.183 e. The maximum absolute atomic E-state index is 15.5. The van der Waals surface area contributed by atoms with Crippen LogP contribution in [0.25, 0.3) is 16.8 Å². The predicted molar refractivity (Wildman–Crippen MR) is 144 cm³/mol. The molecular weight excluding hydrogens is 465 g/mol. The molecule has 7 heteroatoms. The quantitative estimate of drug-likeness (QED) is 0.376. The van der Waals surface area contributed by atoms with Crippen molar-refractivity contribution in [1.82, 2.24) is 19.8 Å². The fourth-order valence-corrected chi connectivity index (χ4v) is 4.95. The monoisotopic (exact) mass is 497 g/mol. The van der Waals surface area contributed by atoms with E-state index in [1.165, 1.54) is 0 Å². The van der Waals surface area contributed by atoms with Crippen molar-refractivity contribution >= 4 is 5.78 Å². The van der Waals surface area contributed by atoms with Gasteiger partial charge in [0.15, 0.2) is 5.78 Å². The van der Waals surface area contributed by atoms with Crippen molar-refractivity contribution < 1.29 is 9.18 Å². The molecule has 37 heavy (non-hydrogen) atoms. The molecule has 0 bridgehead atoms. The fourth-order valence-electron chi connectivity index (χ4n) is 4.95. The van der Waals surface area contributed by atoms with E-state index in [2.05, 4.69) is 35.2 Å². The van der Waals surface area contributed by atoms with Gasteiger partial charge in [-0.3, -0.25) is 9.36 Å². The van der Waals surface area contributed by atoms with Gasteiger partial charge in [0.25, 0.3) is 0 Å². The van der Waals surface area contributed by atoms with Gasteiger partial charge in [0, 0.05) is 43.3 Å². The van der Waals surface area contributed by atoms with Crippen LogP contribution in [0.15, 0.2) is 73.1 Å². The molecule has 0 aliphatic carbocycles. The third-order valence-electron chi connectivity index (χ3n) is 7.12. The highest BCUT2D eigenvalue weighted by atomic mass is 19.1. The van der Waals surface area contributed by atoms with E-state index in [1.807, 2.05) is 53.1 Å². The predicted octanol–water partition coefficient (Wildman–Crippen LogP) is 5.01. The van der Waals surface area contributed by atoms with Gasteiger partial charge in [-0.2, -0.15) is 0 Å². The molecule has 1 atom stereocenters. The number of hydrogen-bond acceptors (Lipinski definition) is 5. The molecule has 3 aromatic carbocycles. The van der Waals surface area contributed by atoms with Crippen LogP contribution in [0.1, 0.15) is 52.3 Å². The molecule has 0 radical (unpaired) electrons. The minimum Gasteiger partial charge on any atom is -0.326 e. The Hall–Kier alpha value is -3.65. The van der Waals surface area contributed by atoms with E-state index in [0.717, 1.165) is 41.0 Å². The van der Waals surface area contributed by atoms with Gasteiger partial charge in [-0.05, 0) is 54.0 Å². The summed E-state index contributed by atoms with van der Waals surface area (Å²) >= 11 is 0. The molecule has 6 nitrogen and oxygen atoms in total. The number of ketones is 1. The van der Waals surface area contributed by atoms with Crippen LogP contribution in [0.3, 0.4) is 0 Å². The van der Waals surface area contributed by atoms with E-state index in [-0.39, 0.29) is 18.0 Å². The van der Waals surface area contributed by atoms with E-state index in [1.54, 1.807) is 18.5 Å². The molecular formula is C30H32FN5O. The summed E-state index contributed by atoms with van der Waals surface area (Å²) in [7, 11) is 2.07. The maximum Gasteiger partial charge on any atom is 0.183 e. The molecule has 1 aromatic heterocycles. The minimum absolute atomic E-state index is 0.0722. The maximum atomic E-state index is 15.5. The number of nitrogens with one attached hydrogen (secondary N) is 1. The molecule has 0 fully saturated rings. The van der Waals surface area contributed by atoms with Crippen LogP contribution in [0, 0.1) is 5.82 Å². The Bertz CT molecular complexity index is 1430. The molecule has 1 unspecified atom stereocenters. The first-order valence-corrected chi connectivity index (χ1v) is 12.7. The Morgan fingerprint density at radius 2 is 1.97 bits per heavy atom. The first kappa shape index (κ1) is 25.0. The highest BCUT2D eigenvalue weighted by Gasteiger charge is 2.29. The van der Waals surface area contributed by atoms with Crippen molar-refractivity contribution in [3.05, 3.63) is 107 Å². The summed E-state index contributed by atoms with van der Waals surface area (Å²) in [6.45, 7) is 4.63. The topological polar surface area (TPSA) is 76.2 Å². The SMILES string of the molecule is CCN(C)Cc1ccccc1-c1ccc(C2CC(=O)c3c(ncn3-c3cccc(CN)c3)CN2)c(F)c1. The van der Waals surface area contributed by atoms with Gasteiger partial charge >= 0.3 is 0 Å². The second kappa shape index (κ2) is 10.8. The average Bonchev–Trinajstić information content (AvgIpc) is 3.28. The number of imidazole rings is 1. The number of aromatic nitrogens is 2. The second-order valence-electron chi connectivity index (χ2n) is 9.57. The number of hydrogen-bond donors (Lipinski definition) is 2. The third kappa shape index (κ3) is 5.11. The van der Waals surface area contributed by atoms with Crippen molar-refractivity contribution in [2.45, 2.75) is 39.0 Å². The van der Waals surface area contributed by atoms with Crippen molar-refractivity contribution in [2.75, 3.05) is 13.6 Å². The van der Waals surface area contributed by atoms with Crippen LogP contribution in [0.2, 0.25) is 0 Å². The number of halogens is 1. The summed E-state index contributed by atoms with van der Waals surface area (Å²) in [5.74, 6) is -0.392. The molecule has 0 saturated heterocycles. The standard InChI is InChI=1S/C30H32FN5O/c1-3-35(2)18-22-8-4-5-10-24(22)21-11-12-25(26(31)14-21)27-15-29(37)30-28(17-33-27)34-19-36(30)23-9-6-7-20(13-23)16-32/h4-14,19,27,33H,3,15-18,32H2,1-2H3. The lowest BCUT2D eigenvalue weighted by molar-refractivity contribution is 0.0966. The summed E-state index contributed by atoms with van der Waals surface area (Å²) < 4.78 is 17.3. The number of nitrogens with two attached hydrogens (primary N) is 1. The second-order valence-corrected chi connectivity index (χ2v) is 9.57. The lowest BCUT2D eigenvalue weighted by Gasteiger charge is -2.19. The van der Waals surface area contributed by atoms with Gasteiger partial charge in [0.05, 0.1) is 5.69 Å². The Morgan fingerprint density at radius 3 is 2.76 bits per heavy atom. The number of nitrogens with zero attached hydrogens (tertiary/aromatic N) is 3. The van der Waals surface area contributed by atoms with Crippen LogP contribution in [0.5, 0.6) is 0 Å². The lowest BCUT2D eigenvalue weighted by Crippen LogP contribution is -2.21. The summed E-state index contributed by atoms with van der Waals surface area (Å²) in [6, 6.07) is 20.8. The van der Waals surface area contributed by atoms with Gasteiger partial charge in [0.1, 0.15) is 17.8 Å². The number of rotatable bonds is 7. The Morgan fingerprint density at radius 1 is 1.14 bits per heavy atom. The summed E-state index contributed by atoms with van der Waals surface area (Å²) in [5, 5.41) is 3.35. The molecule has 3 N–H and O–H groups in total. The van der Waals surface area contributed by atoms with E-state index in [0.29, 0.717) is 30.0 Å². The third-order valence-corrected chi connectivity index (χ3v) is 7.12. The van der Waals surface area contributed by atoms with E-state index in [9.17, 15) is 4.79 Å². The normalized spacial score (nSPS) is 15.6. The number of Topliss-reactive ketones (excluding diaryl/α,β-unsaturated/α-hetero) is 1. The highest BCUT2D eigenvalue weighted by Crippen LogP contribution is 2.32. The van der Waals surface area contributed by atoms with E-state index >= 15 is 4.39 Å². The molecule has 0 spiro atoms. The Balaban J connectivity index is 1.41. The average molecular weight is 498 g/mol. The van der Waals surface area contributed by atoms with Gasteiger partial charge in [0.2, 0.25) is 0 Å². The number of benzene rings is 3. The first-order valence-electron chi connectivity index (χ1n) is 12.7. The van der Waals surface area contributed by atoms with E-state index < -0.39 is 6.04 Å². The largest absolute Gasteiger partial charge is 0.326 e. The molecule has 2 heterocycles. The van der Waals surface area contributed by atoms with Gasteiger partial charge in [-0.1, -0.05) is 55.5 Å². The van der Waals surface area contributed by atoms with Gasteiger partial charge < -0.3 is 16.0 Å². The summed E-state index contributed by atoms with van der Waals surface area (Å²) in [6.07, 6.45) is 1.81. The fraction of sp³-hybridized carbons (Fsp3) is 0.267. The van der Waals surface area contributed by atoms with Crippen molar-refractivity contribution in [2.24, 2.45) is 5.73 Å². The Labute approximate surface area is 216 Å². The van der Waals surface area contributed by atoms with Crippen LogP contribution in [-0.4, -0.2) is 33.8 Å². The van der Waals surface area contributed by atoms with Crippen LogP contribution in [0.4, 0.5) is 4.39 Å². The molecule has 5 rings (SSSR count). The van der Waals surface area contributed by atoms with Crippen molar-refractivity contribution in [3.8, 4) is 16.8 Å². The van der Waals surface area contributed by atoms with Crippen LogP contribution < -0.4 is 11.1 Å². The molecule has 1 aliphatic heterocycles. The molecule has 190 valence electrons. The molecule has 0 amide bonds. The molecule has 4 aromatic rings. The summed E-state index contributed by atoms with van der Waals surface area (Å²) in [5.41, 5.74) is 12.3. The molecule has 0 saturated carbocycles. The zero-order chi connectivity index (χ0) is 25.9. The van der Waals surface area contributed by atoms with Crippen molar-refractivity contribution in [3.63, 3.8) is 0 Å². The van der Waals surface area contributed by atoms with Crippen molar-refractivity contribution in [1.29, 1.82) is 0 Å². The van der Waals surface area contributed by atoms with Crippen LogP contribution >= 0.6 is 0 Å². The lowest BCUT2D eigenvalue weighted by atomic mass is 9.95. The molecule has 1 aliphatic rings. The Kier molecular flexibility index (Phi) is 7.28. The van der Waals surface area contributed by atoms with Crippen LogP contribution in [-0.2, 0) is 19.6 Å².